The molecule has 0 unspecified atom stereocenters. The molecular weight excluding hydrogens is 333 g/mol. The van der Waals surface area contributed by atoms with E-state index < -0.39 is 17.6 Å². The third-order valence-electron chi connectivity index (χ3n) is 3.60. The van der Waals surface area contributed by atoms with E-state index in [9.17, 15) is 18.0 Å². The third-order valence-corrected chi connectivity index (χ3v) is 3.60. The van der Waals surface area contributed by atoms with Gasteiger partial charge in [0.1, 0.15) is 5.69 Å². The van der Waals surface area contributed by atoms with E-state index in [1.54, 1.807) is 6.92 Å². The summed E-state index contributed by atoms with van der Waals surface area (Å²) >= 11 is 0. The zero-order valence-electron chi connectivity index (χ0n) is 14.2. The molecule has 0 spiro atoms. The molecule has 0 saturated carbocycles. The fraction of sp³-hybridized carbons (Fsp3) is 0.353. The van der Waals surface area contributed by atoms with E-state index in [0.717, 1.165) is 6.07 Å². The lowest BCUT2D eigenvalue weighted by atomic mass is 10.1. The fourth-order valence-corrected chi connectivity index (χ4v) is 2.34. The number of para-hydroxylation sites is 1. The summed E-state index contributed by atoms with van der Waals surface area (Å²) in [6.07, 6.45) is -4.56. The van der Waals surface area contributed by atoms with Crippen LogP contribution in [0.4, 0.5) is 24.8 Å². The van der Waals surface area contributed by atoms with E-state index in [2.05, 4.69) is 15.3 Å². The van der Waals surface area contributed by atoms with Crippen molar-refractivity contribution in [3.05, 3.63) is 47.3 Å². The van der Waals surface area contributed by atoms with E-state index in [1.807, 2.05) is 18.7 Å². The largest absolute Gasteiger partial charge is 0.418 e. The van der Waals surface area contributed by atoms with Crippen LogP contribution >= 0.6 is 0 Å². The SMILES string of the molecule is CCN(CC)c1nc(C)cc(C(=O)Nc2ccccc2C(F)(F)F)n1. The molecule has 1 amide bonds. The lowest BCUT2D eigenvalue weighted by Gasteiger charge is -2.19. The van der Waals surface area contributed by atoms with Gasteiger partial charge in [-0.05, 0) is 39.0 Å². The van der Waals surface area contributed by atoms with Crippen molar-refractivity contribution >= 4 is 17.5 Å². The number of halogens is 3. The van der Waals surface area contributed by atoms with Gasteiger partial charge in [-0.3, -0.25) is 4.79 Å². The summed E-state index contributed by atoms with van der Waals surface area (Å²) in [5.74, 6) is -0.338. The van der Waals surface area contributed by atoms with Crippen LogP contribution in [-0.2, 0) is 6.18 Å². The molecule has 2 aromatic rings. The molecule has 25 heavy (non-hydrogen) atoms. The number of nitrogens with one attached hydrogen (secondary N) is 1. The minimum atomic E-state index is -4.56. The zero-order chi connectivity index (χ0) is 18.6. The Morgan fingerprint density at radius 1 is 1.16 bits per heavy atom. The molecule has 1 aromatic heterocycles. The first-order valence-electron chi connectivity index (χ1n) is 7.84. The first-order valence-corrected chi connectivity index (χ1v) is 7.84. The van der Waals surface area contributed by atoms with Crippen LogP contribution in [0.5, 0.6) is 0 Å². The summed E-state index contributed by atoms with van der Waals surface area (Å²) in [6.45, 7) is 6.86. The molecule has 1 aromatic carbocycles. The van der Waals surface area contributed by atoms with Gasteiger partial charge in [0.2, 0.25) is 5.95 Å². The van der Waals surface area contributed by atoms with Gasteiger partial charge in [0.25, 0.3) is 5.91 Å². The van der Waals surface area contributed by atoms with E-state index in [4.69, 9.17) is 0 Å². The van der Waals surface area contributed by atoms with Gasteiger partial charge in [0.15, 0.2) is 0 Å². The van der Waals surface area contributed by atoms with Crippen molar-refractivity contribution in [2.45, 2.75) is 26.9 Å². The van der Waals surface area contributed by atoms with Crippen LogP contribution in [0.25, 0.3) is 0 Å². The van der Waals surface area contributed by atoms with Crippen LogP contribution in [0.3, 0.4) is 0 Å². The summed E-state index contributed by atoms with van der Waals surface area (Å²) in [7, 11) is 0. The van der Waals surface area contributed by atoms with E-state index in [0.29, 0.717) is 24.7 Å². The minimum absolute atomic E-state index is 0.0198. The number of hydrogen-bond acceptors (Lipinski definition) is 4. The second-order valence-corrected chi connectivity index (χ2v) is 5.36. The molecule has 0 radical (unpaired) electrons. The highest BCUT2D eigenvalue weighted by Gasteiger charge is 2.33. The van der Waals surface area contributed by atoms with Gasteiger partial charge in [-0.25, -0.2) is 9.97 Å². The molecule has 5 nitrogen and oxygen atoms in total. The van der Waals surface area contributed by atoms with E-state index >= 15 is 0 Å². The van der Waals surface area contributed by atoms with Crippen molar-refractivity contribution in [1.82, 2.24) is 9.97 Å². The number of carbonyl (C=O) groups excluding carboxylic acids is 1. The molecule has 0 atom stereocenters. The highest BCUT2D eigenvalue weighted by Crippen LogP contribution is 2.34. The zero-order valence-corrected chi connectivity index (χ0v) is 14.2. The van der Waals surface area contributed by atoms with Crippen molar-refractivity contribution in [3.8, 4) is 0 Å². The van der Waals surface area contributed by atoms with Gasteiger partial charge in [-0.2, -0.15) is 13.2 Å². The van der Waals surface area contributed by atoms with Gasteiger partial charge in [0, 0.05) is 18.8 Å². The topological polar surface area (TPSA) is 58.1 Å². The van der Waals surface area contributed by atoms with Crippen molar-refractivity contribution in [3.63, 3.8) is 0 Å². The molecule has 8 heteroatoms. The van der Waals surface area contributed by atoms with Crippen LogP contribution in [0.2, 0.25) is 0 Å². The van der Waals surface area contributed by atoms with Crippen molar-refractivity contribution < 1.29 is 18.0 Å². The third kappa shape index (κ3) is 4.46. The Morgan fingerprint density at radius 3 is 2.40 bits per heavy atom. The number of carbonyl (C=O) groups is 1. The lowest BCUT2D eigenvalue weighted by Crippen LogP contribution is -2.26. The second kappa shape index (κ2) is 7.50. The Bertz CT molecular complexity index is 758. The van der Waals surface area contributed by atoms with Crippen LogP contribution in [0.15, 0.2) is 30.3 Å². The molecule has 2 rings (SSSR count). The molecular formula is C17H19F3N4O. The Balaban J connectivity index is 2.34. The number of alkyl halides is 3. The summed E-state index contributed by atoms with van der Waals surface area (Å²) in [4.78, 5) is 22.7. The standard InChI is InChI=1S/C17H19F3N4O/c1-4-24(5-2)16-21-11(3)10-14(23-16)15(25)22-13-9-7-6-8-12(13)17(18,19)20/h6-10H,4-5H2,1-3H3,(H,22,25). The van der Waals surface area contributed by atoms with E-state index in [-0.39, 0.29) is 11.4 Å². The molecule has 0 fully saturated rings. The molecule has 0 saturated heterocycles. The molecule has 0 aliphatic heterocycles. The normalized spacial score (nSPS) is 11.3. The number of rotatable bonds is 5. The Hall–Kier alpha value is -2.64. The Kier molecular flexibility index (Phi) is 5.61. The molecule has 0 aliphatic rings. The summed E-state index contributed by atoms with van der Waals surface area (Å²) in [5, 5.41) is 2.30. The van der Waals surface area contributed by atoms with Crippen molar-refractivity contribution in [2.75, 3.05) is 23.3 Å². The quantitative estimate of drug-likeness (QED) is 0.887. The average molecular weight is 352 g/mol. The lowest BCUT2D eigenvalue weighted by molar-refractivity contribution is -0.136. The molecule has 134 valence electrons. The number of aryl methyl sites for hydroxylation is 1. The smallest absolute Gasteiger partial charge is 0.341 e. The first kappa shape index (κ1) is 18.7. The maximum atomic E-state index is 13.0. The van der Waals surface area contributed by atoms with E-state index in [1.165, 1.54) is 24.3 Å². The summed E-state index contributed by atoms with van der Waals surface area (Å²) in [5.41, 5.74) is -0.628. The van der Waals surface area contributed by atoms with Gasteiger partial charge in [-0.1, -0.05) is 12.1 Å². The Labute approximate surface area is 143 Å². The maximum absolute atomic E-state index is 13.0. The predicted molar refractivity (Wildman–Crippen MR) is 89.7 cm³/mol. The highest BCUT2D eigenvalue weighted by atomic mass is 19.4. The Morgan fingerprint density at radius 2 is 1.80 bits per heavy atom. The van der Waals surface area contributed by atoms with Gasteiger partial charge in [0.05, 0.1) is 11.3 Å². The number of anilines is 2. The molecule has 0 aliphatic carbocycles. The van der Waals surface area contributed by atoms with Gasteiger partial charge < -0.3 is 10.2 Å². The number of nitrogens with zero attached hydrogens (tertiary/aromatic N) is 3. The first-order chi connectivity index (χ1) is 11.8. The minimum Gasteiger partial charge on any atom is -0.341 e. The second-order valence-electron chi connectivity index (χ2n) is 5.36. The van der Waals surface area contributed by atoms with Crippen LogP contribution in [0.1, 0.15) is 35.6 Å². The van der Waals surface area contributed by atoms with Gasteiger partial charge >= 0.3 is 6.18 Å². The number of hydrogen-bond donors (Lipinski definition) is 1. The molecule has 1 N–H and O–H groups in total. The van der Waals surface area contributed by atoms with Crippen molar-refractivity contribution in [2.24, 2.45) is 0 Å². The molecule has 1 heterocycles. The summed E-state index contributed by atoms with van der Waals surface area (Å²) in [6, 6.07) is 6.27. The fourth-order valence-electron chi connectivity index (χ4n) is 2.34. The van der Waals surface area contributed by atoms with Crippen LogP contribution in [-0.4, -0.2) is 29.0 Å². The molecule has 0 bridgehead atoms. The monoisotopic (exact) mass is 352 g/mol. The number of aromatic nitrogens is 2. The number of amides is 1. The average Bonchev–Trinajstić information content (AvgIpc) is 2.55. The maximum Gasteiger partial charge on any atom is 0.418 e. The summed E-state index contributed by atoms with van der Waals surface area (Å²) < 4.78 is 39.1. The highest BCUT2D eigenvalue weighted by molar-refractivity contribution is 6.03. The van der Waals surface area contributed by atoms with Crippen molar-refractivity contribution in [1.29, 1.82) is 0 Å². The van der Waals surface area contributed by atoms with Crippen LogP contribution in [0, 0.1) is 6.92 Å². The van der Waals surface area contributed by atoms with Crippen LogP contribution < -0.4 is 10.2 Å². The number of benzene rings is 1. The van der Waals surface area contributed by atoms with Gasteiger partial charge in [-0.15, -0.1) is 0 Å². The predicted octanol–water partition coefficient (Wildman–Crippen LogP) is 3.90.